The fourth-order valence-electron chi connectivity index (χ4n) is 1.63. The fraction of sp³-hybridized carbons (Fsp3) is 0. The first kappa shape index (κ1) is 15.3. The molecule has 0 unspecified atom stereocenters. The van der Waals surface area contributed by atoms with Gasteiger partial charge in [-0.15, -0.1) is 0 Å². The van der Waals surface area contributed by atoms with Gasteiger partial charge in [0.25, 0.3) is 0 Å². The molecule has 0 heterocycles. The van der Waals surface area contributed by atoms with Gasteiger partial charge in [0.1, 0.15) is 5.56 Å². The van der Waals surface area contributed by atoms with Crippen molar-refractivity contribution in [3.8, 4) is 11.5 Å². The zero-order chi connectivity index (χ0) is 15.6. The van der Waals surface area contributed by atoms with Crippen molar-refractivity contribution >= 4 is 39.2 Å². The number of hydrogen-bond acceptors (Lipinski definition) is 4. The van der Waals surface area contributed by atoms with Crippen LogP contribution >= 0.6 is 27.5 Å². The van der Waals surface area contributed by atoms with Crippen LogP contribution in [0, 0.1) is 10.1 Å². The van der Waals surface area contributed by atoms with Crippen molar-refractivity contribution in [2.45, 2.75) is 0 Å². The first-order valence-electron chi connectivity index (χ1n) is 5.54. The number of carboxylic acid groups (broad SMARTS) is 1. The minimum Gasteiger partial charge on any atom is -0.478 e. The van der Waals surface area contributed by atoms with Gasteiger partial charge in [-0.2, -0.15) is 0 Å². The summed E-state index contributed by atoms with van der Waals surface area (Å²) < 4.78 is 5.74. The molecule has 0 atom stereocenters. The Balaban J connectivity index is 2.59. The normalized spacial score (nSPS) is 10.2. The number of hydrogen-bond donors (Lipinski definition) is 1. The Bertz CT molecular complexity index is 673. The van der Waals surface area contributed by atoms with E-state index in [1.807, 2.05) is 0 Å². The summed E-state index contributed by atoms with van der Waals surface area (Å²) in [5.74, 6) is -1.51. The zero-order valence-electron chi connectivity index (χ0n) is 10.2. The summed E-state index contributed by atoms with van der Waals surface area (Å²) in [5.41, 5.74) is -0.492. The summed E-state index contributed by atoms with van der Waals surface area (Å²) in [6.45, 7) is 0. The van der Waals surface area contributed by atoms with Gasteiger partial charge in [0.2, 0.25) is 5.75 Å². The van der Waals surface area contributed by atoms with E-state index in [-0.39, 0.29) is 27.8 Å². The number of halogens is 2. The van der Waals surface area contributed by atoms with Crippen molar-refractivity contribution in [3.63, 3.8) is 0 Å². The van der Waals surface area contributed by atoms with Crippen molar-refractivity contribution < 1.29 is 19.6 Å². The summed E-state index contributed by atoms with van der Waals surface area (Å²) in [6, 6.07) is 8.45. The lowest BCUT2D eigenvalue weighted by Gasteiger charge is -2.11. The van der Waals surface area contributed by atoms with Gasteiger partial charge in [-0.05, 0) is 34.1 Å². The minimum atomic E-state index is -1.25. The summed E-state index contributed by atoms with van der Waals surface area (Å²) in [5, 5.41) is 20.2. The molecule has 2 aromatic carbocycles. The molecule has 0 saturated heterocycles. The van der Waals surface area contributed by atoms with Gasteiger partial charge in [-0.25, -0.2) is 4.79 Å². The van der Waals surface area contributed by atoms with Crippen LogP contribution in [0.25, 0.3) is 0 Å². The van der Waals surface area contributed by atoms with E-state index < -0.39 is 10.9 Å². The molecule has 8 heteroatoms. The summed E-state index contributed by atoms with van der Waals surface area (Å²) in [7, 11) is 0. The van der Waals surface area contributed by atoms with Gasteiger partial charge in [0.15, 0.2) is 5.75 Å². The monoisotopic (exact) mass is 371 g/mol. The first-order chi connectivity index (χ1) is 9.91. The summed E-state index contributed by atoms with van der Waals surface area (Å²) in [4.78, 5) is 21.6. The van der Waals surface area contributed by atoms with E-state index in [0.717, 1.165) is 0 Å². The largest absolute Gasteiger partial charge is 0.478 e. The molecule has 0 fully saturated rings. The maximum Gasteiger partial charge on any atom is 0.339 e. The van der Waals surface area contributed by atoms with Gasteiger partial charge in [0, 0.05) is 6.07 Å². The number of para-hydroxylation sites is 2. The first-order valence-corrected chi connectivity index (χ1v) is 6.71. The second-order valence-electron chi connectivity index (χ2n) is 3.87. The molecule has 0 aliphatic carbocycles. The van der Waals surface area contributed by atoms with Gasteiger partial charge in [-0.1, -0.05) is 23.7 Å². The average molecular weight is 373 g/mol. The molecule has 0 bridgehead atoms. The van der Waals surface area contributed by atoms with Crippen molar-refractivity contribution in [3.05, 3.63) is 61.6 Å². The molecule has 6 nitrogen and oxygen atoms in total. The number of benzene rings is 2. The third kappa shape index (κ3) is 3.14. The van der Waals surface area contributed by atoms with E-state index in [2.05, 4.69) is 15.9 Å². The number of aromatic carboxylic acids is 1. The molecule has 2 rings (SSSR count). The topological polar surface area (TPSA) is 89.7 Å². The van der Waals surface area contributed by atoms with Crippen LogP contribution in [0.4, 0.5) is 5.69 Å². The van der Waals surface area contributed by atoms with Crippen molar-refractivity contribution in [2.24, 2.45) is 0 Å². The van der Waals surface area contributed by atoms with Crippen LogP contribution in [0.3, 0.4) is 0 Å². The number of carbonyl (C=O) groups is 1. The van der Waals surface area contributed by atoms with Gasteiger partial charge in [-0.3, -0.25) is 10.1 Å². The highest BCUT2D eigenvalue weighted by atomic mass is 79.9. The summed E-state index contributed by atoms with van der Waals surface area (Å²) >= 11 is 9.07. The highest BCUT2D eigenvalue weighted by Crippen LogP contribution is 2.41. The molecule has 0 radical (unpaired) electrons. The molecule has 0 spiro atoms. The number of nitro groups is 1. The van der Waals surface area contributed by atoms with E-state index >= 15 is 0 Å². The van der Waals surface area contributed by atoms with E-state index in [9.17, 15) is 14.9 Å². The smallest absolute Gasteiger partial charge is 0.339 e. The zero-order valence-corrected chi connectivity index (χ0v) is 12.6. The standard InChI is InChI=1S/C13H7BrClNO5/c14-8-4-2-6-10(16(19)20)12(8)21-11-7(13(17)18)3-1-5-9(11)15/h1-6H,(H,17,18). The van der Waals surface area contributed by atoms with E-state index in [4.69, 9.17) is 21.4 Å². The third-order valence-corrected chi connectivity index (χ3v) is 3.47. The minimum absolute atomic E-state index is 0.0416. The number of nitrogens with zero attached hydrogens (tertiary/aromatic N) is 1. The Morgan fingerprint density at radius 3 is 2.52 bits per heavy atom. The van der Waals surface area contributed by atoms with Crippen LogP contribution in [-0.2, 0) is 0 Å². The second kappa shape index (κ2) is 6.11. The predicted octanol–water partition coefficient (Wildman–Crippen LogP) is 4.50. The van der Waals surface area contributed by atoms with Crippen LogP contribution in [0.2, 0.25) is 5.02 Å². The molecule has 2 aromatic rings. The van der Waals surface area contributed by atoms with Crippen LogP contribution in [-0.4, -0.2) is 16.0 Å². The third-order valence-electron chi connectivity index (χ3n) is 2.54. The number of nitro benzene ring substituents is 1. The Kier molecular flexibility index (Phi) is 4.44. The molecule has 1 N–H and O–H groups in total. The molecule has 108 valence electrons. The number of ether oxygens (including phenoxy) is 1. The van der Waals surface area contributed by atoms with Crippen LogP contribution in [0.5, 0.6) is 11.5 Å². The Morgan fingerprint density at radius 2 is 1.90 bits per heavy atom. The highest BCUT2D eigenvalue weighted by Gasteiger charge is 2.22. The summed E-state index contributed by atoms with van der Waals surface area (Å²) in [6.07, 6.45) is 0. The van der Waals surface area contributed by atoms with Crippen LogP contribution < -0.4 is 4.74 Å². The van der Waals surface area contributed by atoms with Gasteiger partial charge >= 0.3 is 11.7 Å². The predicted molar refractivity (Wildman–Crippen MR) is 79.3 cm³/mol. The van der Waals surface area contributed by atoms with Crippen LogP contribution in [0.15, 0.2) is 40.9 Å². The lowest BCUT2D eigenvalue weighted by Crippen LogP contribution is -2.02. The Labute approximate surface area is 132 Å². The van der Waals surface area contributed by atoms with Crippen molar-refractivity contribution in [1.82, 2.24) is 0 Å². The Morgan fingerprint density at radius 1 is 1.24 bits per heavy atom. The maximum atomic E-state index is 11.2. The average Bonchev–Trinajstić information content (AvgIpc) is 2.42. The molecule has 0 amide bonds. The highest BCUT2D eigenvalue weighted by molar-refractivity contribution is 9.10. The lowest BCUT2D eigenvalue weighted by atomic mass is 10.2. The fourth-order valence-corrected chi connectivity index (χ4v) is 2.28. The van der Waals surface area contributed by atoms with Crippen molar-refractivity contribution in [2.75, 3.05) is 0 Å². The quantitative estimate of drug-likeness (QED) is 0.630. The van der Waals surface area contributed by atoms with Crippen LogP contribution in [0.1, 0.15) is 10.4 Å². The van der Waals surface area contributed by atoms with Crippen molar-refractivity contribution in [1.29, 1.82) is 0 Å². The molecule has 0 saturated carbocycles. The second-order valence-corrected chi connectivity index (χ2v) is 5.13. The van der Waals surface area contributed by atoms with Gasteiger partial charge < -0.3 is 9.84 Å². The molecule has 21 heavy (non-hydrogen) atoms. The maximum absolute atomic E-state index is 11.2. The molecular weight excluding hydrogens is 366 g/mol. The number of carboxylic acids is 1. The number of rotatable bonds is 4. The molecule has 0 aliphatic heterocycles. The lowest BCUT2D eigenvalue weighted by molar-refractivity contribution is -0.385. The molecule has 0 aromatic heterocycles. The van der Waals surface area contributed by atoms with E-state index in [0.29, 0.717) is 4.47 Å². The van der Waals surface area contributed by atoms with E-state index in [1.54, 1.807) is 6.07 Å². The molecule has 0 aliphatic rings. The molecular formula is C13H7BrClNO5. The Hall–Kier alpha value is -2.12. The van der Waals surface area contributed by atoms with E-state index in [1.165, 1.54) is 30.3 Å². The van der Waals surface area contributed by atoms with Gasteiger partial charge in [0.05, 0.1) is 14.4 Å². The SMILES string of the molecule is O=C(O)c1cccc(Cl)c1Oc1c(Br)cccc1[N+](=O)[O-].